The summed E-state index contributed by atoms with van der Waals surface area (Å²) in [5.74, 6) is 3.46. The van der Waals surface area contributed by atoms with Crippen LogP contribution in [0.3, 0.4) is 0 Å². The summed E-state index contributed by atoms with van der Waals surface area (Å²) in [5, 5.41) is 0. The topological polar surface area (TPSA) is 26.3 Å². The minimum absolute atomic E-state index is 0.0157. The molecular formula is C25H35FO2. The zero-order valence-corrected chi connectivity index (χ0v) is 17.1. The number of carbonyl (C=O) groups is 1. The van der Waals surface area contributed by atoms with Crippen LogP contribution in [0.1, 0.15) is 83.5 Å². The molecule has 1 aromatic rings. The maximum Gasteiger partial charge on any atom is 0.314 e. The molecule has 0 heterocycles. The van der Waals surface area contributed by atoms with E-state index in [9.17, 15) is 9.18 Å². The lowest BCUT2D eigenvalue weighted by Gasteiger charge is -2.40. The van der Waals surface area contributed by atoms with Crippen molar-refractivity contribution in [2.75, 3.05) is 0 Å². The fourth-order valence-electron chi connectivity index (χ4n) is 6.25. The van der Waals surface area contributed by atoms with Crippen molar-refractivity contribution in [1.29, 1.82) is 0 Å². The van der Waals surface area contributed by atoms with Crippen LogP contribution in [-0.4, -0.2) is 5.97 Å². The Morgan fingerprint density at radius 1 is 0.750 bits per heavy atom. The monoisotopic (exact) mass is 386 g/mol. The third-order valence-electron chi connectivity index (χ3n) is 7.92. The van der Waals surface area contributed by atoms with E-state index in [4.69, 9.17) is 4.74 Å². The lowest BCUT2D eigenvalue weighted by molar-refractivity contribution is -0.140. The van der Waals surface area contributed by atoms with Gasteiger partial charge in [-0.25, -0.2) is 4.39 Å². The maximum absolute atomic E-state index is 13.3. The van der Waals surface area contributed by atoms with E-state index < -0.39 is 0 Å². The first-order valence-corrected chi connectivity index (χ1v) is 11.7. The lowest BCUT2D eigenvalue weighted by atomic mass is 9.66. The van der Waals surface area contributed by atoms with Crippen LogP contribution in [-0.2, 0) is 4.79 Å². The highest BCUT2D eigenvalue weighted by Crippen LogP contribution is 2.45. The Morgan fingerprint density at radius 2 is 1.29 bits per heavy atom. The number of rotatable bonds is 4. The molecule has 0 aliphatic heterocycles. The van der Waals surface area contributed by atoms with Crippen molar-refractivity contribution in [3.05, 3.63) is 30.1 Å². The molecule has 1 aromatic carbocycles. The molecule has 2 nitrogen and oxygen atoms in total. The van der Waals surface area contributed by atoms with Gasteiger partial charge in [0.05, 0.1) is 5.92 Å². The van der Waals surface area contributed by atoms with Crippen molar-refractivity contribution >= 4 is 5.97 Å². The Morgan fingerprint density at radius 3 is 1.86 bits per heavy atom. The third kappa shape index (κ3) is 4.96. The zero-order valence-electron chi connectivity index (χ0n) is 17.1. The molecule has 0 atom stereocenters. The molecule has 0 saturated heterocycles. The van der Waals surface area contributed by atoms with Crippen molar-refractivity contribution in [3.8, 4) is 5.75 Å². The average Bonchev–Trinajstić information content (AvgIpc) is 2.75. The molecule has 0 bridgehead atoms. The van der Waals surface area contributed by atoms with Gasteiger partial charge in [-0.2, -0.15) is 0 Å². The number of carbonyl (C=O) groups excluding carboxylic acids is 1. The van der Waals surface area contributed by atoms with Crippen molar-refractivity contribution in [2.24, 2.45) is 29.6 Å². The molecule has 0 spiro atoms. The van der Waals surface area contributed by atoms with E-state index in [0.29, 0.717) is 5.75 Å². The first-order chi connectivity index (χ1) is 13.7. The second kappa shape index (κ2) is 9.41. The van der Waals surface area contributed by atoms with E-state index in [1.807, 2.05) is 0 Å². The number of hydrogen-bond donors (Lipinski definition) is 0. The minimum Gasteiger partial charge on any atom is -0.426 e. The Labute approximate surface area is 169 Å². The number of ether oxygens (including phenoxy) is 1. The fraction of sp³-hybridized carbons (Fsp3) is 0.720. The fourth-order valence-corrected chi connectivity index (χ4v) is 6.25. The summed E-state index contributed by atoms with van der Waals surface area (Å²) < 4.78 is 18.7. The molecule has 154 valence electrons. The molecule has 3 aliphatic rings. The number of benzene rings is 1. The largest absolute Gasteiger partial charge is 0.426 e. The second-order valence-corrected chi connectivity index (χ2v) is 9.56. The molecule has 3 heteroatoms. The normalized spacial score (nSPS) is 32.0. The minimum atomic E-state index is -0.363. The van der Waals surface area contributed by atoms with Crippen molar-refractivity contribution in [1.82, 2.24) is 0 Å². The molecule has 0 amide bonds. The predicted molar refractivity (Wildman–Crippen MR) is 110 cm³/mol. The van der Waals surface area contributed by atoms with Gasteiger partial charge in [-0.15, -0.1) is 0 Å². The van der Waals surface area contributed by atoms with Crippen molar-refractivity contribution < 1.29 is 13.9 Å². The number of esters is 1. The van der Waals surface area contributed by atoms with E-state index in [2.05, 4.69) is 0 Å². The van der Waals surface area contributed by atoms with E-state index >= 15 is 0 Å². The van der Waals surface area contributed by atoms with E-state index in [1.165, 1.54) is 69.9 Å². The standard InChI is InChI=1S/C25H35FO2/c26-23-7-4-8-24(17-23)28-25(27)22-15-13-21(14-16-22)20-11-9-19(10-12-20)18-5-2-1-3-6-18/h4,7-8,17-22H,1-3,5-6,9-16H2/t19-,20-,21-,22-. The van der Waals surface area contributed by atoms with Gasteiger partial charge >= 0.3 is 5.97 Å². The molecular weight excluding hydrogens is 351 g/mol. The summed E-state index contributed by atoms with van der Waals surface area (Å²) in [4.78, 5) is 12.4. The Bertz CT molecular complexity index is 636. The summed E-state index contributed by atoms with van der Waals surface area (Å²) in [6.07, 6.45) is 17.2. The van der Waals surface area contributed by atoms with Crippen LogP contribution in [0.25, 0.3) is 0 Å². The van der Waals surface area contributed by atoms with E-state index in [1.54, 1.807) is 12.1 Å². The van der Waals surface area contributed by atoms with Crippen molar-refractivity contribution in [2.45, 2.75) is 83.5 Å². The molecule has 28 heavy (non-hydrogen) atoms. The Hall–Kier alpha value is -1.38. The summed E-state index contributed by atoms with van der Waals surface area (Å²) in [6, 6.07) is 5.88. The molecule has 4 rings (SSSR count). The van der Waals surface area contributed by atoms with Crippen LogP contribution in [0.5, 0.6) is 5.75 Å². The van der Waals surface area contributed by atoms with Gasteiger partial charge in [0.1, 0.15) is 11.6 Å². The smallest absolute Gasteiger partial charge is 0.314 e. The van der Waals surface area contributed by atoms with E-state index in [0.717, 1.165) is 49.4 Å². The molecule has 3 aliphatic carbocycles. The number of halogens is 1. The summed E-state index contributed by atoms with van der Waals surface area (Å²) >= 11 is 0. The van der Waals surface area contributed by atoms with Gasteiger partial charge in [-0.3, -0.25) is 4.79 Å². The highest BCUT2D eigenvalue weighted by Gasteiger charge is 2.35. The molecule has 3 saturated carbocycles. The van der Waals surface area contributed by atoms with Crippen LogP contribution in [0.4, 0.5) is 4.39 Å². The Balaban J connectivity index is 1.20. The molecule has 3 fully saturated rings. The van der Waals surface area contributed by atoms with Gasteiger partial charge < -0.3 is 4.74 Å². The zero-order chi connectivity index (χ0) is 19.3. The van der Waals surface area contributed by atoms with Crippen LogP contribution in [0.15, 0.2) is 24.3 Å². The molecule has 0 unspecified atom stereocenters. The third-order valence-corrected chi connectivity index (χ3v) is 7.92. The molecule has 0 radical (unpaired) electrons. The summed E-state index contributed by atoms with van der Waals surface area (Å²) in [5.41, 5.74) is 0. The Kier molecular flexibility index (Phi) is 6.69. The first-order valence-electron chi connectivity index (χ1n) is 11.7. The summed E-state index contributed by atoms with van der Waals surface area (Å²) in [7, 11) is 0. The van der Waals surface area contributed by atoms with Gasteiger partial charge in [0.25, 0.3) is 0 Å². The van der Waals surface area contributed by atoms with Crippen LogP contribution < -0.4 is 4.74 Å². The second-order valence-electron chi connectivity index (χ2n) is 9.56. The van der Waals surface area contributed by atoms with Gasteiger partial charge in [0, 0.05) is 6.07 Å². The number of hydrogen-bond acceptors (Lipinski definition) is 2. The lowest BCUT2D eigenvalue weighted by Crippen LogP contribution is -2.31. The molecule has 0 aromatic heterocycles. The van der Waals surface area contributed by atoms with Crippen LogP contribution in [0, 0.1) is 35.4 Å². The summed E-state index contributed by atoms with van der Waals surface area (Å²) in [6.45, 7) is 0. The predicted octanol–water partition coefficient (Wildman–Crippen LogP) is 6.92. The van der Waals surface area contributed by atoms with E-state index in [-0.39, 0.29) is 17.7 Å². The van der Waals surface area contributed by atoms with Crippen LogP contribution >= 0.6 is 0 Å². The SMILES string of the molecule is O=C(Oc1cccc(F)c1)[C@H]1CC[C@H]([C@H]2CC[C@H](C3CCCCC3)CC2)CC1. The quantitative estimate of drug-likeness (QED) is 0.414. The maximum atomic E-state index is 13.3. The first kappa shape index (κ1) is 19.9. The van der Waals surface area contributed by atoms with Gasteiger partial charge in [0.2, 0.25) is 0 Å². The van der Waals surface area contributed by atoms with Crippen molar-refractivity contribution in [3.63, 3.8) is 0 Å². The van der Waals surface area contributed by atoms with Gasteiger partial charge in [-0.05, 0) is 87.2 Å². The molecule has 0 N–H and O–H groups in total. The average molecular weight is 387 g/mol. The highest BCUT2D eigenvalue weighted by atomic mass is 19.1. The van der Waals surface area contributed by atoms with Gasteiger partial charge in [-0.1, -0.05) is 38.2 Å². The van der Waals surface area contributed by atoms with Crippen LogP contribution in [0.2, 0.25) is 0 Å². The van der Waals surface area contributed by atoms with Gasteiger partial charge in [0.15, 0.2) is 0 Å². The highest BCUT2D eigenvalue weighted by molar-refractivity contribution is 5.75.